The molecule has 0 bridgehead atoms. The highest BCUT2D eigenvalue weighted by Gasteiger charge is 2.17. The molecule has 20 heavy (non-hydrogen) atoms. The Balaban J connectivity index is 2.18. The van der Waals surface area contributed by atoms with Gasteiger partial charge in [-0.3, -0.25) is 0 Å². The van der Waals surface area contributed by atoms with Crippen LogP contribution >= 0.6 is 0 Å². The van der Waals surface area contributed by atoms with Crippen LogP contribution in [0.25, 0.3) is 0 Å². The van der Waals surface area contributed by atoms with Gasteiger partial charge in [0.25, 0.3) is 0 Å². The van der Waals surface area contributed by atoms with Crippen LogP contribution in [-0.4, -0.2) is 23.4 Å². The van der Waals surface area contributed by atoms with E-state index in [9.17, 15) is 10.0 Å². The molecule has 6 heteroatoms. The first-order chi connectivity index (χ1) is 9.70. The van der Waals surface area contributed by atoms with Gasteiger partial charge in [-0.25, -0.2) is 0 Å². The van der Waals surface area contributed by atoms with Crippen molar-refractivity contribution in [2.75, 3.05) is 0 Å². The van der Waals surface area contributed by atoms with E-state index in [4.69, 9.17) is 10.6 Å². The molecule has 2 rings (SSSR count). The van der Waals surface area contributed by atoms with E-state index < -0.39 is 7.12 Å². The minimum atomic E-state index is -1.62. The zero-order chi connectivity index (χ0) is 14.4. The molecule has 0 aliphatic heterocycles. The molecule has 0 spiro atoms. The zero-order valence-electron chi connectivity index (χ0n) is 10.8. The number of nitrogens with two attached hydrogens (primary N) is 1. The van der Waals surface area contributed by atoms with Crippen molar-refractivity contribution in [2.45, 2.75) is 6.61 Å². The van der Waals surface area contributed by atoms with Crippen LogP contribution in [0.3, 0.4) is 0 Å². The maximum absolute atomic E-state index is 9.39. The first kappa shape index (κ1) is 14.1. The molecule has 0 saturated carbocycles. The van der Waals surface area contributed by atoms with Crippen LogP contribution in [0.2, 0.25) is 0 Å². The molecule has 0 aliphatic carbocycles. The zero-order valence-corrected chi connectivity index (χ0v) is 10.8. The quantitative estimate of drug-likeness (QED) is 0.314. The Morgan fingerprint density at radius 2 is 1.90 bits per heavy atom. The van der Waals surface area contributed by atoms with Crippen molar-refractivity contribution < 1.29 is 14.8 Å². The normalized spacial score (nSPS) is 10.7. The van der Waals surface area contributed by atoms with Gasteiger partial charge in [0.15, 0.2) is 0 Å². The SMILES string of the molecule is NN=Cc1ccc(OCc2ccccc2)c(B(O)O)c1. The average Bonchev–Trinajstić information content (AvgIpc) is 2.47. The lowest BCUT2D eigenvalue weighted by Gasteiger charge is -2.12. The van der Waals surface area contributed by atoms with Gasteiger partial charge in [-0.1, -0.05) is 30.3 Å². The number of ether oxygens (including phenoxy) is 1. The van der Waals surface area contributed by atoms with E-state index in [-0.39, 0.29) is 5.46 Å². The minimum Gasteiger partial charge on any atom is -0.489 e. The van der Waals surface area contributed by atoms with E-state index in [1.54, 1.807) is 18.2 Å². The van der Waals surface area contributed by atoms with Gasteiger partial charge in [-0.2, -0.15) is 5.10 Å². The van der Waals surface area contributed by atoms with Crippen LogP contribution in [0.15, 0.2) is 53.6 Å². The van der Waals surface area contributed by atoms with Crippen LogP contribution in [-0.2, 0) is 6.61 Å². The molecule has 0 radical (unpaired) electrons. The first-order valence-corrected chi connectivity index (χ1v) is 6.11. The van der Waals surface area contributed by atoms with E-state index >= 15 is 0 Å². The lowest BCUT2D eigenvalue weighted by molar-refractivity contribution is 0.306. The predicted molar refractivity (Wildman–Crippen MR) is 78.8 cm³/mol. The van der Waals surface area contributed by atoms with Crippen molar-refractivity contribution in [1.29, 1.82) is 0 Å². The standard InChI is InChI=1S/C14H15BN2O3/c16-17-9-12-6-7-14(13(8-12)15(18)19)20-10-11-4-2-1-3-5-11/h1-9,18-19H,10,16H2. The second kappa shape index (κ2) is 6.74. The molecule has 0 saturated heterocycles. The average molecular weight is 270 g/mol. The van der Waals surface area contributed by atoms with Crippen molar-refractivity contribution >= 4 is 18.8 Å². The topological polar surface area (TPSA) is 88.1 Å². The lowest BCUT2D eigenvalue weighted by Crippen LogP contribution is -2.31. The number of hydrogen-bond donors (Lipinski definition) is 3. The fraction of sp³-hybridized carbons (Fsp3) is 0.0714. The van der Waals surface area contributed by atoms with Gasteiger partial charge in [0.1, 0.15) is 12.4 Å². The lowest BCUT2D eigenvalue weighted by atomic mass is 9.79. The molecule has 4 N–H and O–H groups in total. The molecule has 2 aromatic rings. The van der Waals surface area contributed by atoms with Gasteiger partial charge in [-0.05, 0) is 29.3 Å². The Kier molecular flexibility index (Phi) is 4.76. The van der Waals surface area contributed by atoms with Gasteiger partial charge in [0.05, 0.1) is 6.21 Å². The molecule has 0 atom stereocenters. The molecule has 2 aromatic carbocycles. The van der Waals surface area contributed by atoms with Gasteiger partial charge in [0.2, 0.25) is 0 Å². The van der Waals surface area contributed by atoms with Gasteiger partial charge < -0.3 is 20.6 Å². The van der Waals surface area contributed by atoms with E-state index in [1.165, 1.54) is 6.21 Å². The maximum atomic E-state index is 9.39. The molecule has 0 heterocycles. The third kappa shape index (κ3) is 3.60. The summed E-state index contributed by atoms with van der Waals surface area (Å²) < 4.78 is 5.62. The maximum Gasteiger partial charge on any atom is 0.492 e. The highest BCUT2D eigenvalue weighted by atomic mass is 16.5. The highest BCUT2D eigenvalue weighted by molar-refractivity contribution is 6.59. The van der Waals surface area contributed by atoms with E-state index in [2.05, 4.69) is 5.10 Å². The smallest absolute Gasteiger partial charge is 0.489 e. The van der Waals surface area contributed by atoms with Crippen molar-refractivity contribution in [1.82, 2.24) is 0 Å². The number of nitrogens with zero attached hydrogens (tertiary/aromatic N) is 1. The molecule has 5 nitrogen and oxygen atoms in total. The van der Waals surface area contributed by atoms with Gasteiger partial charge >= 0.3 is 7.12 Å². The summed E-state index contributed by atoms with van der Waals surface area (Å²) in [6, 6.07) is 14.6. The minimum absolute atomic E-state index is 0.276. The Morgan fingerprint density at radius 3 is 2.55 bits per heavy atom. The Hall–Kier alpha value is -2.31. The third-order valence-electron chi connectivity index (χ3n) is 2.77. The van der Waals surface area contributed by atoms with Crippen molar-refractivity contribution in [3.8, 4) is 5.75 Å². The molecule has 0 fully saturated rings. The Morgan fingerprint density at radius 1 is 1.15 bits per heavy atom. The summed E-state index contributed by atoms with van der Waals surface area (Å²) in [5.41, 5.74) is 1.94. The number of benzene rings is 2. The molecular weight excluding hydrogens is 255 g/mol. The fourth-order valence-electron chi connectivity index (χ4n) is 1.80. The number of hydrogen-bond acceptors (Lipinski definition) is 5. The molecule has 0 amide bonds. The molecule has 0 unspecified atom stereocenters. The fourth-order valence-corrected chi connectivity index (χ4v) is 1.80. The molecule has 0 aromatic heterocycles. The largest absolute Gasteiger partial charge is 0.492 e. The first-order valence-electron chi connectivity index (χ1n) is 6.11. The molecular formula is C14H15BN2O3. The van der Waals surface area contributed by atoms with Gasteiger partial charge in [0, 0.05) is 5.46 Å². The Labute approximate surface area is 117 Å². The van der Waals surface area contributed by atoms with Crippen molar-refractivity contribution in [3.63, 3.8) is 0 Å². The summed E-state index contributed by atoms with van der Waals surface area (Å²) >= 11 is 0. The molecule has 102 valence electrons. The van der Waals surface area contributed by atoms with Crippen LogP contribution in [0, 0.1) is 0 Å². The number of rotatable bonds is 5. The van der Waals surface area contributed by atoms with Crippen LogP contribution in [0.5, 0.6) is 5.75 Å². The van der Waals surface area contributed by atoms with E-state index in [0.717, 1.165) is 5.56 Å². The molecule has 0 aliphatic rings. The number of hydrazone groups is 1. The summed E-state index contributed by atoms with van der Waals surface area (Å²) in [5, 5.41) is 22.2. The summed E-state index contributed by atoms with van der Waals surface area (Å²) in [5.74, 6) is 5.49. The van der Waals surface area contributed by atoms with Crippen LogP contribution < -0.4 is 16.0 Å². The van der Waals surface area contributed by atoms with Crippen molar-refractivity contribution in [3.05, 3.63) is 59.7 Å². The van der Waals surface area contributed by atoms with E-state index in [0.29, 0.717) is 17.9 Å². The summed E-state index contributed by atoms with van der Waals surface area (Å²) in [6.07, 6.45) is 1.42. The second-order valence-electron chi connectivity index (χ2n) is 4.22. The van der Waals surface area contributed by atoms with Crippen molar-refractivity contribution in [2.24, 2.45) is 10.9 Å². The highest BCUT2D eigenvalue weighted by Crippen LogP contribution is 2.12. The predicted octanol–water partition coefficient (Wildman–Crippen LogP) is 0.238. The summed E-state index contributed by atoms with van der Waals surface area (Å²) in [7, 11) is -1.62. The second-order valence-corrected chi connectivity index (χ2v) is 4.22. The Bertz CT molecular complexity index is 588. The van der Waals surface area contributed by atoms with Gasteiger partial charge in [-0.15, -0.1) is 0 Å². The monoisotopic (exact) mass is 270 g/mol. The summed E-state index contributed by atoms with van der Waals surface area (Å²) in [4.78, 5) is 0. The van der Waals surface area contributed by atoms with E-state index in [1.807, 2.05) is 30.3 Å². The summed E-state index contributed by atoms with van der Waals surface area (Å²) in [6.45, 7) is 0.352. The van der Waals surface area contributed by atoms with Crippen LogP contribution in [0.1, 0.15) is 11.1 Å². The van der Waals surface area contributed by atoms with Crippen LogP contribution in [0.4, 0.5) is 0 Å². The third-order valence-corrected chi connectivity index (χ3v) is 2.77.